The summed E-state index contributed by atoms with van der Waals surface area (Å²) in [6.45, 7) is 1.69. The Morgan fingerprint density at radius 3 is 2.62 bits per heavy atom. The van der Waals surface area contributed by atoms with Crippen LogP contribution in [0, 0.1) is 0 Å². The van der Waals surface area contributed by atoms with Gasteiger partial charge in [-0.25, -0.2) is 14.5 Å². The van der Waals surface area contributed by atoms with Gasteiger partial charge in [-0.1, -0.05) is 18.5 Å². The number of rotatable bonds is 3. The number of carboxylic acid groups (broad SMARTS) is 1. The monoisotopic (exact) mass is 319 g/mol. The third-order valence-electron chi connectivity index (χ3n) is 2.68. The van der Waals surface area contributed by atoms with Crippen molar-refractivity contribution in [1.82, 2.24) is 14.8 Å². The highest BCUT2D eigenvalue weighted by atomic mass is 35.5. The number of carboxylic acids is 1. The van der Waals surface area contributed by atoms with Gasteiger partial charge in [0.2, 0.25) is 0 Å². The number of carbonyl (C=O) groups is 1. The van der Waals surface area contributed by atoms with Crippen LogP contribution in [-0.4, -0.2) is 25.8 Å². The SMILES string of the molecule is CCc1nc(C(=O)O)nn1-c1ccc(Cl)c(C(F)(F)F)c1. The molecule has 1 aromatic carbocycles. The predicted octanol–water partition coefficient (Wildman–Crippen LogP) is 3.20. The third kappa shape index (κ3) is 2.99. The lowest BCUT2D eigenvalue weighted by molar-refractivity contribution is -0.137. The van der Waals surface area contributed by atoms with Crippen LogP contribution in [0.3, 0.4) is 0 Å². The summed E-state index contributed by atoms with van der Waals surface area (Å²) in [6, 6.07) is 3.21. The highest BCUT2D eigenvalue weighted by Gasteiger charge is 2.33. The van der Waals surface area contributed by atoms with Crippen LogP contribution in [0.1, 0.15) is 28.9 Å². The zero-order valence-corrected chi connectivity index (χ0v) is 11.4. The van der Waals surface area contributed by atoms with Gasteiger partial charge in [0.25, 0.3) is 5.82 Å². The lowest BCUT2D eigenvalue weighted by Gasteiger charge is -2.11. The molecule has 5 nitrogen and oxygen atoms in total. The third-order valence-corrected chi connectivity index (χ3v) is 3.01. The Hall–Kier alpha value is -2.09. The van der Waals surface area contributed by atoms with Crippen molar-refractivity contribution in [3.8, 4) is 5.69 Å². The lowest BCUT2D eigenvalue weighted by atomic mass is 10.2. The Labute approximate surface area is 122 Å². The quantitative estimate of drug-likeness (QED) is 0.943. The molecule has 0 saturated heterocycles. The van der Waals surface area contributed by atoms with Gasteiger partial charge in [-0.05, 0) is 18.2 Å². The van der Waals surface area contributed by atoms with Crippen LogP contribution in [-0.2, 0) is 12.6 Å². The first-order valence-electron chi connectivity index (χ1n) is 5.80. The largest absolute Gasteiger partial charge is 0.475 e. The fraction of sp³-hybridized carbons (Fsp3) is 0.250. The van der Waals surface area contributed by atoms with Crippen LogP contribution >= 0.6 is 11.6 Å². The minimum absolute atomic E-state index is 0.0450. The van der Waals surface area contributed by atoms with Crippen LogP contribution in [0.4, 0.5) is 13.2 Å². The first-order valence-corrected chi connectivity index (χ1v) is 6.18. The Morgan fingerprint density at radius 2 is 2.10 bits per heavy atom. The second kappa shape index (κ2) is 5.36. The Balaban J connectivity index is 2.59. The van der Waals surface area contributed by atoms with Gasteiger partial charge in [-0.2, -0.15) is 13.2 Å². The van der Waals surface area contributed by atoms with E-state index in [1.165, 1.54) is 6.07 Å². The summed E-state index contributed by atoms with van der Waals surface area (Å²) in [5, 5.41) is 12.1. The summed E-state index contributed by atoms with van der Waals surface area (Å²) >= 11 is 5.54. The predicted molar refractivity (Wildman–Crippen MR) is 67.7 cm³/mol. The topological polar surface area (TPSA) is 68.0 Å². The summed E-state index contributed by atoms with van der Waals surface area (Å²) in [4.78, 5) is 14.6. The summed E-state index contributed by atoms with van der Waals surface area (Å²) in [7, 11) is 0. The van der Waals surface area contributed by atoms with Crippen molar-refractivity contribution in [1.29, 1.82) is 0 Å². The highest BCUT2D eigenvalue weighted by molar-refractivity contribution is 6.31. The molecule has 0 aliphatic carbocycles. The second-order valence-corrected chi connectivity index (χ2v) is 4.49. The fourth-order valence-corrected chi connectivity index (χ4v) is 1.96. The van der Waals surface area contributed by atoms with Crippen molar-refractivity contribution >= 4 is 17.6 Å². The van der Waals surface area contributed by atoms with E-state index in [1.54, 1.807) is 6.92 Å². The Morgan fingerprint density at radius 1 is 1.43 bits per heavy atom. The van der Waals surface area contributed by atoms with E-state index >= 15 is 0 Å². The van der Waals surface area contributed by atoms with Crippen LogP contribution in [0.15, 0.2) is 18.2 Å². The van der Waals surface area contributed by atoms with Crippen molar-refractivity contribution in [2.45, 2.75) is 19.5 Å². The minimum atomic E-state index is -4.62. The molecule has 0 aliphatic heterocycles. The molecule has 2 rings (SSSR count). The summed E-state index contributed by atoms with van der Waals surface area (Å²) < 4.78 is 39.6. The van der Waals surface area contributed by atoms with Crippen molar-refractivity contribution in [3.63, 3.8) is 0 Å². The number of benzene rings is 1. The number of aryl methyl sites for hydroxylation is 1. The van der Waals surface area contributed by atoms with Gasteiger partial charge < -0.3 is 5.11 Å². The van der Waals surface area contributed by atoms with Gasteiger partial charge in [0, 0.05) is 6.42 Å². The highest BCUT2D eigenvalue weighted by Crippen LogP contribution is 2.35. The molecule has 2 aromatic rings. The minimum Gasteiger partial charge on any atom is -0.475 e. The van der Waals surface area contributed by atoms with E-state index < -0.39 is 28.6 Å². The number of hydrogen-bond donors (Lipinski definition) is 1. The van der Waals surface area contributed by atoms with Crippen molar-refractivity contribution < 1.29 is 23.1 Å². The number of nitrogens with zero attached hydrogens (tertiary/aromatic N) is 3. The molecule has 0 amide bonds. The first-order chi connectivity index (χ1) is 9.74. The van der Waals surface area contributed by atoms with E-state index in [0.29, 0.717) is 6.42 Å². The Bertz CT molecular complexity index is 698. The zero-order chi connectivity index (χ0) is 15.8. The van der Waals surface area contributed by atoms with Crippen LogP contribution in [0.2, 0.25) is 5.02 Å². The molecule has 112 valence electrons. The normalized spacial score (nSPS) is 11.7. The van der Waals surface area contributed by atoms with E-state index in [9.17, 15) is 18.0 Å². The molecule has 0 bridgehead atoms. The first kappa shape index (κ1) is 15.3. The van der Waals surface area contributed by atoms with Crippen LogP contribution in [0.25, 0.3) is 5.69 Å². The average Bonchev–Trinajstić information content (AvgIpc) is 2.82. The van der Waals surface area contributed by atoms with Crippen molar-refractivity contribution in [2.24, 2.45) is 0 Å². The van der Waals surface area contributed by atoms with E-state index in [2.05, 4.69) is 10.1 Å². The summed E-state index contributed by atoms with van der Waals surface area (Å²) in [6.07, 6.45) is -4.31. The molecule has 1 N–H and O–H groups in total. The van der Waals surface area contributed by atoms with Crippen molar-refractivity contribution in [2.75, 3.05) is 0 Å². The molecule has 0 atom stereocenters. The summed E-state index contributed by atoms with van der Waals surface area (Å²) in [5.41, 5.74) is -0.973. The maximum atomic E-state index is 12.8. The molecular weight excluding hydrogens is 311 g/mol. The molecule has 0 unspecified atom stereocenters. The smallest absolute Gasteiger partial charge is 0.417 e. The number of aromatic carboxylic acids is 1. The summed E-state index contributed by atoms with van der Waals surface area (Å²) in [5.74, 6) is -1.59. The van der Waals surface area contributed by atoms with Gasteiger partial charge in [0.15, 0.2) is 0 Å². The zero-order valence-electron chi connectivity index (χ0n) is 10.6. The molecule has 0 fully saturated rings. The molecular formula is C12H9ClF3N3O2. The van der Waals surface area contributed by atoms with Gasteiger partial charge in [0.1, 0.15) is 5.82 Å². The van der Waals surface area contributed by atoms with Gasteiger partial charge in [0.05, 0.1) is 16.3 Å². The number of alkyl halides is 3. The van der Waals surface area contributed by atoms with Crippen LogP contribution < -0.4 is 0 Å². The average molecular weight is 320 g/mol. The Kier molecular flexibility index (Phi) is 3.91. The van der Waals surface area contributed by atoms with E-state index in [0.717, 1.165) is 16.8 Å². The molecule has 0 aliphatic rings. The van der Waals surface area contributed by atoms with E-state index in [4.69, 9.17) is 16.7 Å². The number of halogens is 4. The van der Waals surface area contributed by atoms with E-state index in [-0.39, 0.29) is 11.5 Å². The number of aromatic nitrogens is 3. The van der Waals surface area contributed by atoms with Gasteiger partial charge >= 0.3 is 12.1 Å². The standard InChI is InChI=1S/C12H9ClF3N3O2/c1-2-9-17-10(11(20)21)18-19(9)6-3-4-8(13)7(5-6)12(14,15)16/h3-5H,2H2,1H3,(H,20,21). The molecule has 9 heteroatoms. The van der Waals surface area contributed by atoms with Gasteiger partial charge in [-0.3, -0.25) is 0 Å². The van der Waals surface area contributed by atoms with E-state index in [1.807, 2.05) is 0 Å². The van der Waals surface area contributed by atoms with Crippen molar-refractivity contribution in [3.05, 3.63) is 40.4 Å². The maximum absolute atomic E-state index is 12.8. The fourth-order valence-electron chi connectivity index (χ4n) is 1.73. The lowest BCUT2D eigenvalue weighted by Crippen LogP contribution is -2.09. The van der Waals surface area contributed by atoms with Gasteiger partial charge in [-0.15, -0.1) is 5.10 Å². The van der Waals surface area contributed by atoms with Crippen LogP contribution in [0.5, 0.6) is 0 Å². The molecule has 0 saturated carbocycles. The molecule has 21 heavy (non-hydrogen) atoms. The number of hydrogen-bond acceptors (Lipinski definition) is 3. The second-order valence-electron chi connectivity index (χ2n) is 4.08. The molecule has 1 heterocycles. The molecule has 0 radical (unpaired) electrons. The molecule has 0 spiro atoms. The molecule has 1 aromatic heterocycles. The maximum Gasteiger partial charge on any atom is 0.417 e.